The van der Waals surface area contributed by atoms with Crippen molar-refractivity contribution in [3.05, 3.63) is 107 Å². The van der Waals surface area contributed by atoms with Crippen LogP contribution in [0.5, 0.6) is 23.0 Å². The number of anilines is 2. The van der Waals surface area contributed by atoms with Gasteiger partial charge >= 0.3 is 47.9 Å². The topological polar surface area (TPSA) is 286 Å². The third-order valence-electron chi connectivity index (χ3n) is 9.03. The Bertz CT molecular complexity index is 2490. The van der Waals surface area contributed by atoms with Gasteiger partial charge in [-0.1, -0.05) is 24.3 Å². The number of benzene rings is 4. The van der Waals surface area contributed by atoms with Gasteiger partial charge in [-0.25, -0.2) is 4.18 Å². The van der Waals surface area contributed by atoms with E-state index in [0.29, 0.717) is 34.3 Å². The van der Waals surface area contributed by atoms with Gasteiger partial charge in [0.05, 0.1) is 35.0 Å². The first-order valence-electron chi connectivity index (χ1n) is 18.5. The molecule has 23 heteroatoms. The third kappa shape index (κ3) is 15.4. The minimum atomic E-state index is -5.56. The van der Waals surface area contributed by atoms with Crippen molar-refractivity contribution in [3.8, 4) is 23.0 Å². The Morgan fingerprint density at radius 3 is 1.54 bits per heavy atom. The molecular formula is C40H50CaN6O14S2. The predicted molar refractivity (Wildman–Crippen MR) is 235 cm³/mol. The summed E-state index contributed by atoms with van der Waals surface area (Å²) in [5.74, 6) is -2.68. The number of hydrogen-bond donors (Lipinski definition) is 5. The SMILES string of the molecule is COc1ccc(CCNC(=O)CN(CS(=O)(=O)OC(N(CC(=O)NCCc2ccc(OC)c(OC)c2)c2cccc(C(N)=O)c2)S(=O)(=O)O)c2cccc(C(N)=O)c2)cc1OC.[Ca+2].[H-].[H-]. The molecule has 0 saturated heterocycles. The first-order chi connectivity index (χ1) is 29.4. The summed E-state index contributed by atoms with van der Waals surface area (Å²) in [6, 6.07) is 20.4. The quantitative estimate of drug-likeness (QED) is 0.0286. The number of carbonyl (C=O) groups excluding carboxylic acids is 4. The smallest absolute Gasteiger partial charge is 1.00 e. The molecule has 4 amide bonds. The number of nitrogens with one attached hydrogen (secondary N) is 2. The number of nitrogens with zero attached hydrogens (tertiary/aromatic N) is 2. The predicted octanol–water partition coefficient (Wildman–Crippen LogP) is 1.27. The summed E-state index contributed by atoms with van der Waals surface area (Å²) in [4.78, 5) is 52.4. The molecule has 4 rings (SSSR count). The monoisotopic (exact) mass is 942 g/mol. The summed E-state index contributed by atoms with van der Waals surface area (Å²) < 4.78 is 90.7. The van der Waals surface area contributed by atoms with Crippen LogP contribution in [-0.4, -0.2) is 149 Å². The van der Waals surface area contributed by atoms with Crippen molar-refractivity contribution in [2.24, 2.45) is 11.5 Å². The van der Waals surface area contributed by atoms with Crippen LogP contribution in [0.25, 0.3) is 0 Å². The molecular weight excluding hydrogens is 893 g/mol. The van der Waals surface area contributed by atoms with Crippen LogP contribution < -0.4 is 50.8 Å². The zero-order valence-electron chi connectivity index (χ0n) is 36.9. The molecule has 0 bridgehead atoms. The second-order valence-corrected chi connectivity index (χ2v) is 16.3. The molecule has 0 aliphatic rings. The Hall–Kier alpha value is -5.36. The van der Waals surface area contributed by atoms with Gasteiger partial charge in [0.1, 0.15) is 12.4 Å². The van der Waals surface area contributed by atoms with Gasteiger partial charge in [0.15, 0.2) is 23.0 Å². The van der Waals surface area contributed by atoms with Crippen LogP contribution in [-0.2, 0) is 46.9 Å². The molecule has 0 aromatic heterocycles. The zero-order chi connectivity index (χ0) is 45.6. The Balaban J connectivity index is 0.00000704. The molecule has 0 saturated carbocycles. The van der Waals surface area contributed by atoms with Gasteiger partial charge in [-0.2, -0.15) is 16.8 Å². The van der Waals surface area contributed by atoms with Gasteiger partial charge in [-0.3, -0.25) is 23.7 Å². The van der Waals surface area contributed by atoms with Crippen LogP contribution in [0.15, 0.2) is 84.9 Å². The third-order valence-corrected chi connectivity index (χ3v) is 11.1. The summed E-state index contributed by atoms with van der Waals surface area (Å²) >= 11 is 0. The number of carbonyl (C=O) groups is 4. The molecule has 1 atom stereocenters. The first-order valence-corrected chi connectivity index (χ1v) is 21.6. The van der Waals surface area contributed by atoms with E-state index in [1.807, 2.05) is 0 Å². The number of amides is 4. The molecule has 7 N–H and O–H groups in total. The Labute approximate surface area is 398 Å². The van der Waals surface area contributed by atoms with Gasteiger partial charge in [-0.05, 0) is 84.6 Å². The Kier molecular flexibility index (Phi) is 19.7. The van der Waals surface area contributed by atoms with E-state index in [-0.39, 0.29) is 82.6 Å². The van der Waals surface area contributed by atoms with Crippen molar-refractivity contribution >= 4 is 93.0 Å². The molecule has 20 nitrogen and oxygen atoms in total. The van der Waals surface area contributed by atoms with Crippen LogP contribution in [0.3, 0.4) is 0 Å². The summed E-state index contributed by atoms with van der Waals surface area (Å²) in [6.07, 6.45) is 0.601. The van der Waals surface area contributed by atoms with Gasteiger partial charge < -0.3 is 53.7 Å². The van der Waals surface area contributed by atoms with E-state index in [0.717, 1.165) is 22.1 Å². The zero-order valence-corrected chi connectivity index (χ0v) is 38.8. The van der Waals surface area contributed by atoms with Crippen molar-refractivity contribution in [1.29, 1.82) is 0 Å². The van der Waals surface area contributed by atoms with Crippen LogP contribution >= 0.6 is 0 Å². The minimum Gasteiger partial charge on any atom is -1.00 e. The van der Waals surface area contributed by atoms with Crippen LogP contribution in [0.4, 0.5) is 11.4 Å². The van der Waals surface area contributed by atoms with Crippen molar-refractivity contribution in [3.63, 3.8) is 0 Å². The maximum Gasteiger partial charge on any atom is 2.00 e. The molecule has 0 aliphatic carbocycles. The number of hydrogen-bond acceptors (Lipinski definition) is 15. The molecule has 0 radical (unpaired) electrons. The van der Waals surface area contributed by atoms with E-state index in [1.54, 1.807) is 36.4 Å². The van der Waals surface area contributed by atoms with E-state index in [2.05, 4.69) is 10.6 Å². The number of ether oxygens (including phenoxy) is 4. The Morgan fingerprint density at radius 1 is 0.651 bits per heavy atom. The van der Waals surface area contributed by atoms with E-state index >= 15 is 0 Å². The molecule has 0 heterocycles. The average Bonchev–Trinajstić information content (AvgIpc) is 3.24. The normalized spacial score (nSPS) is 11.6. The van der Waals surface area contributed by atoms with E-state index in [9.17, 15) is 40.6 Å². The summed E-state index contributed by atoms with van der Waals surface area (Å²) in [7, 11) is -4.84. The largest absolute Gasteiger partial charge is 2.00 e. The summed E-state index contributed by atoms with van der Waals surface area (Å²) in [5, 5.41) is 5.28. The Morgan fingerprint density at radius 2 is 1.10 bits per heavy atom. The fourth-order valence-corrected chi connectivity index (χ4v) is 8.32. The van der Waals surface area contributed by atoms with Crippen LogP contribution in [0.1, 0.15) is 34.7 Å². The minimum absolute atomic E-state index is 0. The van der Waals surface area contributed by atoms with Gasteiger partial charge in [0.25, 0.3) is 15.7 Å². The number of methoxy groups -OCH3 is 4. The van der Waals surface area contributed by atoms with Crippen molar-refractivity contribution in [2.75, 3.05) is 70.3 Å². The fraction of sp³-hybridized carbons (Fsp3) is 0.300. The van der Waals surface area contributed by atoms with E-state index in [1.165, 1.54) is 70.9 Å². The number of primary amides is 2. The maximum absolute atomic E-state index is 13.9. The number of rotatable bonds is 24. The standard InChI is InChI=1S/C40H48N6O14S2.Ca.2H/c1-56-32-13-11-26(19-34(32)58-3)15-17-43-36(47)23-45(30-9-5-7-28(21-30)38(41)49)25-61(51,52)60-40(62(53,54)55)46(31-10-6-8-29(22-31)39(42)50)24-37(48)44-18-16-27-12-14-33(57-2)35(20-27)59-4;;;/h5-14,19-22,40H,15-18,23-25H2,1-4H3,(H2,41,49)(H2,42,50)(H,43,47)(H,44,48)(H,53,54,55);;;/q;+2;2*-1. The molecule has 4 aromatic carbocycles. The summed E-state index contributed by atoms with van der Waals surface area (Å²) in [6.45, 7) is -1.50. The molecule has 4 aromatic rings. The van der Waals surface area contributed by atoms with Crippen molar-refractivity contribution < 1.29 is 66.6 Å². The van der Waals surface area contributed by atoms with Gasteiger partial charge in [0, 0.05) is 35.6 Å². The summed E-state index contributed by atoms with van der Waals surface area (Å²) in [5.41, 5.74) is 9.13. The van der Waals surface area contributed by atoms with Crippen LogP contribution in [0, 0.1) is 0 Å². The van der Waals surface area contributed by atoms with Gasteiger partial charge in [0.2, 0.25) is 23.6 Å². The second-order valence-electron chi connectivity index (χ2n) is 13.3. The van der Waals surface area contributed by atoms with Gasteiger partial charge in [-0.15, -0.1) is 0 Å². The molecule has 0 aliphatic heterocycles. The van der Waals surface area contributed by atoms with Crippen molar-refractivity contribution in [1.82, 2.24) is 10.6 Å². The van der Waals surface area contributed by atoms with E-state index in [4.69, 9.17) is 34.6 Å². The van der Waals surface area contributed by atoms with Crippen LogP contribution in [0.2, 0.25) is 0 Å². The number of nitrogens with two attached hydrogens (primary N) is 2. The molecule has 338 valence electrons. The molecule has 0 spiro atoms. The molecule has 63 heavy (non-hydrogen) atoms. The second kappa shape index (κ2) is 23.9. The fourth-order valence-electron chi connectivity index (χ4n) is 6.01. The molecule has 1 unspecified atom stereocenters. The average molecular weight is 943 g/mol. The van der Waals surface area contributed by atoms with Crippen molar-refractivity contribution in [2.45, 2.75) is 18.4 Å². The van der Waals surface area contributed by atoms with E-state index < -0.39 is 68.4 Å². The first kappa shape index (κ1) is 52.0. The maximum atomic E-state index is 13.9. The molecule has 0 fully saturated rings.